The van der Waals surface area contributed by atoms with Gasteiger partial charge in [-0.1, -0.05) is 18.3 Å². The first-order chi connectivity index (χ1) is 10.5. The summed E-state index contributed by atoms with van der Waals surface area (Å²) in [7, 11) is 3.94. The van der Waals surface area contributed by atoms with Crippen LogP contribution in [-0.2, 0) is 6.42 Å². The van der Waals surface area contributed by atoms with Crippen molar-refractivity contribution in [1.82, 2.24) is 9.88 Å². The monoisotopic (exact) mass is 353 g/mol. The quantitative estimate of drug-likeness (QED) is 0.823. The maximum absolute atomic E-state index is 14.1. The predicted molar refractivity (Wildman–Crippen MR) is 92.3 cm³/mol. The molecule has 2 rings (SSSR count). The first-order valence-electron chi connectivity index (χ1n) is 6.74. The van der Waals surface area contributed by atoms with Gasteiger partial charge in [0.05, 0.1) is 0 Å². The third-order valence-electron chi connectivity index (χ3n) is 3.10. The molecule has 0 saturated heterocycles. The van der Waals surface area contributed by atoms with Gasteiger partial charge in [-0.15, -0.1) is 12.4 Å². The standard InChI is InChI=1S/C16H16FN3OS.ClH/c1-20(2)8-6-11-3-4-15(13(17)9-11)21-14-5-7-19-16(22)12(14)10-18;/h3-5,7,9H,6,8H2,1-2H3,(H,19,22);1H. The summed E-state index contributed by atoms with van der Waals surface area (Å²) in [6.45, 7) is 0.839. The van der Waals surface area contributed by atoms with Crippen molar-refractivity contribution in [1.29, 1.82) is 5.26 Å². The number of hydrogen-bond donors (Lipinski definition) is 1. The summed E-state index contributed by atoms with van der Waals surface area (Å²) < 4.78 is 19.9. The molecule has 1 aromatic carbocycles. The van der Waals surface area contributed by atoms with Gasteiger partial charge in [0.1, 0.15) is 22.0 Å². The number of benzene rings is 1. The Morgan fingerprint density at radius 3 is 2.65 bits per heavy atom. The van der Waals surface area contributed by atoms with E-state index in [0.717, 1.165) is 18.5 Å². The lowest BCUT2D eigenvalue weighted by Gasteiger charge is -2.11. The summed E-state index contributed by atoms with van der Waals surface area (Å²) in [5.41, 5.74) is 1.08. The zero-order valence-electron chi connectivity index (χ0n) is 12.8. The smallest absolute Gasteiger partial charge is 0.165 e. The molecular formula is C16H17ClFN3OS. The molecule has 0 aliphatic carbocycles. The Hall–Kier alpha value is -1.94. The van der Waals surface area contributed by atoms with Crippen LogP contribution in [0.15, 0.2) is 30.5 Å². The Bertz CT molecular complexity index is 771. The third kappa shape index (κ3) is 5.03. The van der Waals surface area contributed by atoms with Crippen molar-refractivity contribution in [3.63, 3.8) is 0 Å². The van der Waals surface area contributed by atoms with Crippen LogP contribution < -0.4 is 4.74 Å². The van der Waals surface area contributed by atoms with E-state index in [1.807, 2.05) is 31.1 Å². The lowest BCUT2D eigenvalue weighted by molar-refractivity contribution is 0.412. The maximum atomic E-state index is 14.1. The molecule has 1 N–H and O–H groups in total. The largest absolute Gasteiger partial charge is 0.453 e. The van der Waals surface area contributed by atoms with Crippen molar-refractivity contribution < 1.29 is 9.13 Å². The maximum Gasteiger partial charge on any atom is 0.165 e. The fourth-order valence-electron chi connectivity index (χ4n) is 1.91. The molecule has 0 spiro atoms. The van der Waals surface area contributed by atoms with Crippen molar-refractivity contribution in [2.24, 2.45) is 0 Å². The minimum Gasteiger partial charge on any atom is -0.453 e. The van der Waals surface area contributed by atoms with Gasteiger partial charge in [0.25, 0.3) is 0 Å². The molecule has 0 unspecified atom stereocenters. The van der Waals surface area contributed by atoms with Gasteiger partial charge in [-0.25, -0.2) is 4.39 Å². The van der Waals surface area contributed by atoms with Crippen LogP contribution in [0, 0.1) is 21.8 Å². The van der Waals surface area contributed by atoms with Gasteiger partial charge >= 0.3 is 0 Å². The third-order valence-corrected chi connectivity index (χ3v) is 3.42. The molecule has 4 nitrogen and oxygen atoms in total. The number of likely N-dealkylation sites (N-methyl/N-ethyl adjacent to an activating group) is 1. The van der Waals surface area contributed by atoms with E-state index in [0.29, 0.717) is 0 Å². The zero-order valence-corrected chi connectivity index (χ0v) is 14.4. The van der Waals surface area contributed by atoms with Crippen LogP contribution in [0.2, 0.25) is 0 Å². The number of aromatic amines is 1. The Morgan fingerprint density at radius 2 is 2.04 bits per heavy atom. The number of hydrogen-bond acceptors (Lipinski definition) is 4. The van der Waals surface area contributed by atoms with Crippen LogP contribution in [0.25, 0.3) is 0 Å². The molecule has 0 radical (unpaired) electrons. The fourth-order valence-corrected chi connectivity index (χ4v) is 2.12. The summed E-state index contributed by atoms with van der Waals surface area (Å²) in [5, 5.41) is 9.10. The van der Waals surface area contributed by atoms with Crippen molar-refractivity contribution in [3.8, 4) is 17.6 Å². The van der Waals surface area contributed by atoms with Crippen LogP contribution in [0.5, 0.6) is 11.5 Å². The van der Waals surface area contributed by atoms with E-state index in [1.54, 1.807) is 18.3 Å². The molecular weight excluding hydrogens is 337 g/mol. The Balaban J connectivity index is 0.00000264. The number of nitriles is 1. The van der Waals surface area contributed by atoms with Crippen molar-refractivity contribution in [2.75, 3.05) is 20.6 Å². The van der Waals surface area contributed by atoms with E-state index in [1.165, 1.54) is 6.07 Å². The van der Waals surface area contributed by atoms with E-state index in [2.05, 4.69) is 4.98 Å². The molecule has 0 bridgehead atoms. The topological polar surface area (TPSA) is 52.0 Å². The highest BCUT2D eigenvalue weighted by atomic mass is 35.5. The van der Waals surface area contributed by atoms with Crippen molar-refractivity contribution in [3.05, 3.63) is 52.0 Å². The van der Waals surface area contributed by atoms with Gasteiger partial charge < -0.3 is 14.6 Å². The van der Waals surface area contributed by atoms with Gasteiger partial charge in [0.15, 0.2) is 11.6 Å². The molecule has 2 aromatic rings. The summed E-state index contributed by atoms with van der Waals surface area (Å²) in [6.07, 6.45) is 2.31. The van der Waals surface area contributed by atoms with Crippen molar-refractivity contribution in [2.45, 2.75) is 6.42 Å². The molecule has 0 aliphatic rings. The molecule has 0 atom stereocenters. The van der Waals surface area contributed by atoms with Crippen molar-refractivity contribution >= 4 is 24.6 Å². The normalized spacial score (nSPS) is 10.0. The number of pyridine rings is 1. The summed E-state index contributed by atoms with van der Waals surface area (Å²) in [5.74, 6) is -0.143. The lowest BCUT2D eigenvalue weighted by atomic mass is 10.1. The van der Waals surface area contributed by atoms with Gasteiger partial charge in [-0.3, -0.25) is 0 Å². The number of H-pyrrole nitrogens is 1. The number of aromatic nitrogens is 1. The van der Waals surface area contributed by atoms with Crippen LogP contribution in [0.3, 0.4) is 0 Å². The van der Waals surface area contributed by atoms with Gasteiger partial charge in [0, 0.05) is 12.7 Å². The number of nitrogens with zero attached hydrogens (tertiary/aromatic N) is 2. The van der Waals surface area contributed by atoms with Gasteiger partial charge in [-0.2, -0.15) is 5.26 Å². The Kier molecular flexibility index (Phi) is 7.17. The van der Waals surface area contributed by atoms with Crippen LogP contribution in [0.4, 0.5) is 4.39 Å². The number of nitrogens with one attached hydrogen (secondary N) is 1. The Labute approximate surface area is 145 Å². The predicted octanol–water partition coefficient (Wildman–Crippen LogP) is 4.07. The van der Waals surface area contributed by atoms with Crippen LogP contribution >= 0.6 is 24.6 Å². The molecule has 0 amide bonds. The summed E-state index contributed by atoms with van der Waals surface area (Å²) in [4.78, 5) is 4.78. The summed E-state index contributed by atoms with van der Waals surface area (Å²) in [6, 6.07) is 8.35. The molecule has 0 aliphatic heterocycles. The second kappa shape index (κ2) is 8.63. The van der Waals surface area contributed by atoms with E-state index < -0.39 is 5.82 Å². The van der Waals surface area contributed by atoms with E-state index >= 15 is 0 Å². The molecule has 23 heavy (non-hydrogen) atoms. The SMILES string of the molecule is CN(C)CCc1ccc(Oc2cc[nH]c(=S)c2C#N)c(F)c1.Cl. The van der Waals surface area contributed by atoms with Gasteiger partial charge in [0.2, 0.25) is 0 Å². The highest BCUT2D eigenvalue weighted by Gasteiger charge is 2.10. The molecule has 0 saturated carbocycles. The lowest BCUT2D eigenvalue weighted by Crippen LogP contribution is -2.15. The van der Waals surface area contributed by atoms with E-state index in [-0.39, 0.29) is 34.1 Å². The van der Waals surface area contributed by atoms with Crippen LogP contribution in [0.1, 0.15) is 11.1 Å². The number of halogens is 2. The van der Waals surface area contributed by atoms with Crippen LogP contribution in [-0.4, -0.2) is 30.5 Å². The van der Waals surface area contributed by atoms with E-state index in [9.17, 15) is 4.39 Å². The highest BCUT2D eigenvalue weighted by Crippen LogP contribution is 2.27. The molecule has 1 aromatic heterocycles. The Morgan fingerprint density at radius 1 is 1.30 bits per heavy atom. The first-order valence-corrected chi connectivity index (χ1v) is 7.15. The minimum absolute atomic E-state index is 0. The fraction of sp³-hybridized carbons (Fsp3) is 0.250. The number of rotatable bonds is 5. The zero-order chi connectivity index (χ0) is 16.1. The van der Waals surface area contributed by atoms with E-state index in [4.69, 9.17) is 22.2 Å². The second-order valence-corrected chi connectivity index (χ2v) is 5.49. The average molecular weight is 354 g/mol. The second-order valence-electron chi connectivity index (χ2n) is 5.08. The minimum atomic E-state index is -0.459. The average Bonchev–Trinajstić information content (AvgIpc) is 2.48. The molecule has 0 fully saturated rings. The molecule has 122 valence electrons. The first kappa shape index (κ1) is 19.1. The number of ether oxygens (including phenoxy) is 1. The molecule has 7 heteroatoms. The highest BCUT2D eigenvalue weighted by molar-refractivity contribution is 7.71. The summed E-state index contributed by atoms with van der Waals surface area (Å²) >= 11 is 5.01. The van der Waals surface area contributed by atoms with Gasteiger partial charge in [-0.05, 0) is 44.3 Å². The molecule has 1 heterocycles.